The van der Waals surface area contributed by atoms with Gasteiger partial charge in [0.25, 0.3) is 0 Å². The predicted molar refractivity (Wildman–Crippen MR) is 121 cm³/mol. The van der Waals surface area contributed by atoms with E-state index in [1.54, 1.807) is 22.5 Å². The van der Waals surface area contributed by atoms with Crippen molar-refractivity contribution in [2.75, 3.05) is 11.9 Å². The summed E-state index contributed by atoms with van der Waals surface area (Å²) in [4.78, 5) is 28.8. The van der Waals surface area contributed by atoms with Gasteiger partial charge in [0.1, 0.15) is 5.82 Å². The van der Waals surface area contributed by atoms with Gasteiger partial charge < -0.3 is 10.6 Å². The summed E-state index contributed by atoms with van der Waals surface area (Å²) in [6.45, 7) is 1.73. The first-order valence-electron chi connectivity index (χ1n) is 10.5. The van der Waals surface area contributed by atoms with Crippen molar-refractivity contribution < 1.29 is 4.79 Å². The quantitative estimate of drug-likeness (QED) is 0.416. The first-order valence-corrected chi connectivity index (χ1v) is 11.5. The number of urea groups is 1. The number of carbonyl (C=O) groups is 1. The number of rotatable bonds is 8. The maximum atomic E-state index is 12.3. The van der Waals surface area contributed by atoms with Crippen molar-refractivity contribution in [3.05, 3.63) is 70.5 Å². The summed E-state index contributed by atoms with van der Waals surface area (Å²) in [6, 6.07) is 13.4. The molecular weight excluding hydrogens is 412 g/mol. The molecule has 162 valence electrons. The van der Waals surface area contributed by atoms with E-state index in [-0.39, 0.29) is 11.7 Å². The lowest BCUT2D eigenvalue weighted by atomic mass is 10.2. The zero-order valence-corrected chi connectivity index (χ0v) is 18.1. The number of anilines is 1. The number of hydrogen-bond acceptors (Lipinski definition) is 5. The molecule has 1 aromatic carbocycles. The third kappa shape index (κ3) is 5.75. The second-order valence-corrected chi connectivity index (χ2v) is 8.42. The van der Waals surface area contributed by atoms with Gasteiger partial charge in [-0.1, -0.05) is 18.2 Å². The fourth-order valence-corrected chi connectivity index (χ4v) is 4.33. The van der Waals surface area contributed by atoms with E-state index in [0.29, 0.717) is 19.5 Å². The smallest absolute Gasteiger partial charge is 0.338 e. The van der Waals surface area contributed by atoms with Crippen molar-refractivity contribution in [1.29, 1.82) is 0 Å². The molecule has 2 N–H and O–H groups in total. The van der Waals surface area contributed by atoms with E-state index >= 15 is 0 Å². The van der Waals surface area contributed by atoms with Crippen LogP contribution in [0.2, 0.25) is 0 Å². The van der Waals surface area contributed by atoms with Crippen LogP contribution in [-0.4, -0.2) is 31.9 Å². The lowest BCUT2D eigenvalue weighted by molar-refractivity contribution is 0.251. The normalized spacial score (nSPS) is 12.9. The minimum Gasteiger partial charge on any atom is -0.338 e. The van der Waals surface area contributed by atoms with Crippen LogP contribution in [0.5, 0.6) is 0 Å². The van der Waals surface area contributed by atoms with Gasteiger partial charge in [-0.25, -0.2) is 19.3 Å². The standard InChI is InChI=1S/C22H26N6O2S/c29-21(24-12-6-14-28-22(30)27-13-4-2-9-19(27)26-28)25-18-8-5-7-17(15-18)16-31-20-10-1-3-11-23-20/h1,3,5,7-8,10-11,15H,2,4,6,9,12-14,16H2,(H2,24,25,29). The summed E-state index contributed by atoms with van der Waals surface area (Å²) in [6.07, 6.45) is 5.40. The van der Waals surface area contributed by atoms with Crippen molar-refractivity contribution in [3.8, 4) is 0 Å². The molecule has 8 nitrogen and oxygen atoms in total. The summed E-state index contributed by atoms with van der Waals surface area (Å²) in [5.74, 6) is 1.65. The molecule has 0 saturated carbocycles. The maximum Gasteiger partial charge on any atom is 0.345 e. The Bertz CT molecular complexity index is 1080. The highest BCUT2D eigenvalue weighted by molar-refractivity contribution is 7.98. The van der Waals surface area contributed by atoms with Gasteiger partial charge in [0.05, 0.1) is 5.03 Å². The van der Waals surface area contributed by atoms with Crippen molar-refractivity contribution in [3.63, 3.8) is 0 Å². The van der Waals surface area contributed by atoms with E-state index in [2.05, 4.69) is 20.7 Å². The zero-order chi connectivity index (χ0) is 21.5. The number of nitrogens with zero attached hydrogens (tertiary/aromatic N) is 4. The lowest BCUT2D eigenvalue weighted by Crippen LogP contribution is -2.31. The Morgan fingerprint density at radius 3 is 2.94 bits per heavy atom. The Kier molecular flexibility index (Phi) is 7.03. The molecule has 4 rings (SSSR count). The third-order valence-electron chi connectivity index (χ3n) is 5.07. The Hall–Kier alpha value is -3.07. The number of hydrogen-bond donors (Lipinski definition) is 2. The number of pyridine rings is 1. The average molecular weight is 439 g/mol. The molecule has 0 aliphatic carbocycles. The summed E-state index contributed by atoms with van der Waals surface area (Å²) in [5.41, 5.74) is 1.81. The molecule has 3 aromatic rings. The molecule has 1 aliphatic rings. The number of carbonyl (C=O) groups excluding carboxylic acids is 1. The molecule has 0 unspecified atom stereocenters. The molecule has 2 amide bonds. The zero-order valence-electron chi connectivity index (χ0n) is 17.3. The largest absolute Gasteiger partial charge is 0.345 e. The maximum absolute atomic E-state index is 12.3. The average Bonchev–Trinajstić information content (AvgIpc) is 3.12. The van der Waals surface area contributed by atoms with Crippen LogP contribution in [0.25, 0.3) is 0 Å². The fraction of sp³-hybridized carbons (Fsp3) is 0.364. The number of benzene rings is 1. The Morgan fingerprint density at radius 2 is 2.10 bits per heavy atom. The van der Waals surface area contributed by atoms with Crippen LogP contribution in [0.1, 0.15) is 30.7 Å². The highest BCUT2D eigenvalue weighted by atomic mass is 32.2. The molecule has 3 heterocycles. The minimum atomic E-state index is -0.258. The summed E-state index contributed by atoms with van der Waals surface area (Å²) >= 11 is 1.65. The minimum absolute atomic E-state index is 0.0421. The number of thioether (sulfide) groups is 1. The van der Waals surface area contributed by atoms with Gasteiger partial charge in [0.2, 0.25) is 0 Å². The summed E-state index contributed by atoms with van der Waals surface area (Å²) in [5, 5.41) is 11.1. The Balaban J connectivity index is 1.21. The van der Waals surface area contributed by atoms with Crippen molar-refractivity contribution >= 4 is 23.5 Å². The second kappa shape index (κ2) is 10.3. The molecule has 0 atom stereocenters. The van der Waals surface area contributed by atoms with Crippen LogP contribution >= 0.6 is 11.8 Å². The molecule has 0 radical (unpaired) electrons. The number of fused-ring (bicyclic) bond motifs is 1. The van der Waals surface area contributed by atoms with Crippen LogP contribution in [0, 0.1) is 0 Å². The Labute approximate surface area is 185 Å². The number of nitrogens with one attached hydrogen (secondary N) is 2. The molecule has 9 heteroatoms. The van der Waals surface area contributed by atoms with E-state index < -0.39 is 0 Å². The van der Waals surface area contributed by atoms with Crippen molar-refractivity contribution in [1.82, 2.24) is 24.6 Å². The Morgan fingerprint density at radius 1 is 1.16 bits per heavy atom. The van der Waals surface area contributed by atoms with Crippen LogP contribution in [0.15, 0.2) is 58.5 Å². The van der Waals surface area contributed by atoms with Gasteiger partial charge in [-0.2, -0.15) is 5.10 Å². The van der Waals surface area contributed by atoms with E-state index in [1.807, 2.05) is 42.5 Å². The van der Waals surface area contributed by atoms with Gasteiger partial charge in [-0.15, -0.1) is 11.8 Å². The highest BCUT2D eigenvalue weighted by Crippen LogP contribution is 2.22. The molecule has 0 saturated heterocycles. The first-order chi connectivity index (χ1) is 15.2. The SMILES string of the molecule is O=C(NCCCn1nc2n(c1=O)CCCC2)Nc1cccc(CSc2ccccn2)c1. The van der Waals surface area contributed by atoms with Gasteiger partial charge in [0, 0.05) is 43.7 Å². The molecule has 2 aromatic heterocycles. The van der Waals surface area contributed by atoms with Gasteiger partial charge in [-0.05, 0) is 49.1 Å². The molecule has 0 spiro atoms. The lowest BCUT2D eigenvalue weighted by Gasteiger charge is -2.09. The van der Waals surface area contributed by atoms with E-state index in [0.717, 1.165) is 53.7 Å². The van der Waals surface area contributed by atoms with Crippen molar-refractivity contribution in [2.45, 2.75) is 49.6 Å². The van der Waals surface area contributed by atoms with Crippen LogP contribution in [0.3, 0.4) is 0 Å². The number of aromatic nitrogens is 4. The predicted octanol–water partition coefficient (Wildman–Crippen LogP) is 3.28. The fourth-order valence-electron chi connectivity index (χ4n) is 3.53. The summed E-state index contributed by atoms with van der Waals surface area (Å²) < 4.78 is 3.28. The molecule has 0 bridgehead atoms. The van der Waals surface area contributed by atoms with Gasteiger partial charge in [0.15, 0.2) is 0 Å². The summed E-state index contributed by atoms with van der Waals surface area (Å²) in [7, 11) is 0. The molecule has 1 aliphatic heterocycles. The van der Waals surface area contributed by atoms with Gasteiger partial charge >= 0.3 is 11.7 Å². The number of aryl methyl sites for hydroxylation is 2. The van der Waals surface area contributed by atoms with Crippen molar-refractivity contribution in [2.24, 2.45) is 0 Å². The third-order valence-corrected chi connectivity index (χ3v) is 6.09. The van der Waals surface area contributed by atoms with E-state index in [1.165, 1.54) is 4.68 Å². The van der Waals surface area contributed by atoms with E-state index in [4.69, 9.17) is 0 Å². The molecule has 31 heavy (non-hydrogen) atoms. The van der Waals surface area contributed by atoms with Crippen LogP contribution < -0.4 is 16.3 Å². The topological polar surface area (TPSA) is 93.8 Å². The highest BCUT2D eigenvalue weighted by Gasteiger charge is 2.16. The monoisotopic (exact) mass is 438 g/mol. The van der Waals surface area contributed by atoms with Gasteiger partial charge in [-0.3, -0.25) is 4.57 Å². The van der Waals surface area contributed by atoms with Crippen LogP contribution in [0.4, 0.5) is 10.5 Å². The van der Waals surface area contributed by atoms with Crippen LogP contribution in [-0.2, 0) is 25.3 Å². The first kappa shape index (κ1) is 21.2. The molecular formula is C22H26N6O2S. The van der Waals surface area contributed by atoms with E-state index in [9.17, 15) is 9.59 Å². The number of amides is 2. The second-order valence-electron chi connectivity index (χ2n) is 7.42. The molecule has 0 fully saturated rings.